The lowest BCUT2D eigenvalue weighted by Crippen LogP contribution is -2.39. The summed E-state index contributed by atoms with van der Waals surface area (Å²) in [7, 11) is 0. The summed E-state index contributed by atoms with van der Waals surface area (Å²) in [4.78, 5) is 12.3. The van der Waals surface area contributed by atoms with Crippen molar-refractivity contribution in [3.05, 3.63) is 89.7 Å². The molecule has 0 unspecified atom stereocenters. The first kappa shape index (κ1) is 19.5. The van der Waals surface area contributed by atoms with Crippen molar-refractivity contribution in [3.8, 4) is 0 Å². The number of carbonyl (C=O) groups is 1. The Hall–Kier alpha value is -3.29. The number of nitrogens with zero attached hydrogens (tertiary/aromatic N) is 2. The Labute approximate surface area is 160 Å². The van der Waals surface area contributed by atoms with Crippen LogP contribution in [0.4, 0.5) is 18.0 Å². The minimum absolute atomic E-state index is 0.130. The molecule has 0 spiro atoms. The van der Waals surface area contributed by atoms with E-state index in [0.29, 0.717) is 0 Å². The number of rotatable bonds is 6. The number of carbonyl (C=O) groups excluding carboxylic acids is 1. The molecule has 0 radical (unpaired) electrons. The fraction of sp³-hybridized carbons (Fsp3) is 0.200. The molecule has 1 aromatic heterocycles. The lowest BCUT2D eigenvalue weighted by molar-refractivity contribution is -0.141. The number of nitrogens with one attached hydrogen (secondary N) is 2. The first-order valence-electron chi connectivity index (χ1n) is 8.68. The van der Waals surface area contributed by atoms with Gasteiger partial charge >= 0.3 is 12.2 Å². The summed E-state index contributed by atoms with van der Waals surface area (Å²) in [6, 6.07) is 19.2. The molecule has 0 fully saturated rings. The van der Waals surface area contributed by atoms with Crippen molar-refractivity contribution in [3.63, 3.8) is 0 Å². The van der Waals surface area contributed by atoms with Crippen molar-refractivity contribution in [2.75, 3.05) is 6.54 Å². The van der Waals surface area contributed by atoms with Crippen LogP contribution in [0.25, 0.3) is 0 Å². The number of hydrogen-bond acceptors (Lipinski definition) is 2. The van der Waals surface area contributed by atoms with Crippen molar-refractivity contribution >= 4 is 6.03 Å². The number of halogens is 3. The summed E-state index contributed by atoms with van der Waals surface area (Å²) in [5.41, 5.74) is 0.890. The molecular formula is C20H19F3N4O. The molecule has 1 heterocycles. The molecule has 2 amide bonds. The molecule has 3 rings (SSSR count). The largest absolute Gasteiger partial charge is 0.435 e. The van der Waals surface area contributed by atoms with Crippen LogP contribution in [0, 0.1) is 0 Å². The number of urea groups is 1. The summed E-state index contributed by atoms with van der Waals surface area (Å²) >= 11 is 0. The molecule has 0 aliphatic heterocycles. The lowest BCUT2D eigenvalue weighted by Gasteiger charge is -2.20. The van der Waals surface area contributed by atoms with Gasteiger partial charge in [0.1, 0.15) is 0 Å². The van der Waals surface area contributed by atoms with E-state index in [9.17, 15) is 18.0 Å². The van der Waals surface area contributed by atoms with Crippen molar-refractivity contribution < 1.29 is 18.0 Å². The smallest absolute Gasteiger partial charge is 0.336 e. The van der Waals surface area contributed by atoms with E-state index in [4.69, 9.17) is 0 Å². The van der Waals surface area contributed by atoms with Crippen LogP contribution in [0.3, 0.4) is 0 Å². The third-order valence-electron chi connectivity index (χ3n) is 4.10. The highest BCUT2D eigenvalue weighted by Gasteiger charge is 2.33. The van der Waals surface area contributed by atoms with Gasteiger partial charge in [0, 0.05) is 12.7 Å². The van der Waals surface area contributed by atoms with Gasteiger partial charge in [-0.1, -0.05) is 60.7 Å². The van der Waals surface area contributed by atoms with Crippen LogP contribution in [-0.2, 0) is 12.7 Å². The highest BCUT2D eigenvalue weighted by molar-refractivity contribution is 5.75. The van der Waals surface area contributed by atoms with Crippen LogP contribution in [0.5, 0.6) is 0 Å². The van der Waals surface area contributed by atoms with Crippen LogP contribution < -0.4 is 10.6 Å². The van der Waals surface area contributed by atoms with Crippen LogP contribution in [0.1, 0.15) is 22.9 Å². The average Bonchev–Trinajstić information content (AvgIpc) is 3.17. The quantitative estimate of drug-likeness (QED) is 0.671. The number of hydrogen-bond donors (Lipinski definition) is 2. The molecule has 0 bridgehead atoms. The third kappa shape index (κ3) is 5.12. The molecule has 3 aromatic rings. The van der Waals surface area contributed by atoms with Crippen LogP contribution in [-0.4, -0.2) is 22.4 Å². The zero-order valence-electron chi connectivity index (χ0n) is 14.9. The zero-order chi connectivity index (χ0) is 20.0. The van der Waals surface area contributed by atoms with Gasteiger partial charge in [-0.05, 0) is 17.2 Å². The van der Waals surface area contributed by atoms with Crippen molar-refractivity contribution in [1.29, 1.82) is 0 Å². The van der Waals surface area contributed by atoms with E-state index < -0.39 is 17.9 Å². The summed E-state index contributed by atoms with van der Waals surface area (Å²) < 4.78 is 38.8. The topological polar surface area (TPSA) is 59.0 Å². The number of aromatic nitrogens is 2. The normalized spacial score (nSPS) is 11.4. The number of benzene rings is 2. The van der Waals surface area contributed by atoms with Gasteiger partial charge in [-0.3, -0.25) is 4.68 Å². The molecule has 8 heteroatoms. The minimum Gasteiger partial charge on any atom is -0.336 e. The summed E-state index contributed by atoms with van der Waals surface area (Å²) in [5.74, 6) is 0. The SMILES string of the molecule is O=C(NCCn1ccc(C(F)(F)F)n1)NC(c1ccccc1)c1ccccc1. The van der Waals surface area contributed by atoms with Crippen LogP contribution in [0.2, 0.25) is 0 Å². The highest BCUT2D eigenvalue weighted by atomic mass is 19.4. The standard InChI is InChI=1S/C20H19F3N4O/c21-20(22,23)17-11-13-27(26-17)14-12-24-19(28)25-18(15-7-3-1-4-8-15)16-9-5-2-6-10-16/h1-11,13,18H,12,14H2,(H2,24,25,28). The van der Waals surface area contributed by atoms with Gasteiger partial charge in [-0.2, -0.15) is 18.3 Å². The van der Waals surface area contributed by atoms with Gasteiger partial charge in [0.05, 0.1) is 12.6 Å². The molecule has 0 atom stereocenters. The molecule has 146 valence electrons. The number of amides is 2. The molecule has 0 aliphatic carbocycles. The van der Waals surface area contributed by atoms with Crippen molar-refractivity contribution in [1.82, 2.24) is 20.4 Å². The van der Waals surface area contributed by atoms with Crippen LogP contribution >= 0.6 is 0 Å². The molecule has 2 N–H and O–H groups in total. The Bertz CT molecular complexity index is 855. The Balaban J connectivity index is 1.59. The van der Waals surface area contributed by atoms with Gasteiger partial charge in [-0.25, -0.2) is 4.79 Å². The Morgan fingerprint density at radius 2 is 1.54 bits per heavy atom. The fourth-order valence-electron chi connectivity index (χ4n) is 2.75. The second-order valence-electron chi connectivity index (χ2n) is 6.12. The van der Waals surface area contributed by atoms with Crippen LogP contribution in [0.15, 0.2) is 72.9 Å². The van der Waals surface area contributed by atoms with Gasteiger partial charge in [0.25, 0.3) is 0 Å². The minimum atomic E-state index is -4.48. The van der Waals surface area contributed by atoms with E-state index in [1.165, 1.54) is 6.20 Å². The van der Waals surface area contributed by atoms with E-state index >= 15 is 0 Å². The van der Waals surface area contributed by atoms with E-state index in [2.05, 4.69) is 15.7 Å². The maximum Gasteiger partial charge on any atom is 0.435 e. The molecular weight excluding hydrogens is 369 g/mol. The summed E-state index contributed by atoms with van der Waals surface area (Å²) in [6.45, 7) is 0.270. The Morgan fingerprint density at radius 1 is 0.964 bits per heavy atom. The molecule has 0 aliphatic rings. The van der Waals surface area contributed by atoms with Gasteiger partial charge in [-0.15, -0.1) is 0 Å². The van der Waals surface area contributed by atoms with Gasteiger partial charge < -0.3 is 10.6 Å². The van der Waals surface area contributed by atoms with Gasteiger partial charge in [0.15, 0.2) is 5.69 Å². The molecule has 5 nitrogen and oxygen atoms in total. The van der Waals surface area contributed by atoms with Crippen molar-refractivity contribution in [2.45, 2.75) is 18.8 Å². The maximum atomic E-state index is 12.6. The fourth-order valence-corrected chi connectivity index (χ4v) is 2.75. The second kappa shape index (κ2) is 8.60. The predicted octanol–water partition coefficient (Wildman–Crippen LogP) is 3.99. The number of alkyl halides is 3. The molecule has 0 saturated carbocycles. The van der Waals surface area contributed by atoms with E-state index in [1.54, 1.807) is 0 Å². The maximum absolute atomic E-state index is 12.6. The van der Waals surface area contributed by atoms with Crippen molar-refractivity contribution in [2.24, 2.45) is 0 Å². The van der Waals surface area contributed by atoms with E-state index in [1.807, 2.05) is 60.7 Å². The predicted molar refractivity (Wildman–Crippen MR) is 98.5 cm³/mol. The van der Waals surface area contributed by atoms with E-state index in [-0.39, 0.29) is 19.1 Å². The molecule has 2 aromatic carbocycles. The zero-order valence-corrected chi connectivity index (χ0v) is 14.9. The Kier molecular flexibility index (Phi) is 5.98. The monoisotopic (exact) mass is 388 g/mol. The molecule has 0 saturated heterocycles. The van der Waals surface area contributed by atoms with E-state index in [0.717, 1.165) is 21.9 Å². The highest BCUT2D eigenvalue weighted by Crippen LogP contribution is 2.27. The summed E-state index contributed by atoms with van der Waals surface area (Å²) in [5, 5.41) is 9.02. The second-order valence-corrected chi connectivity index (χ2v) is 6.12. The lowest BCUT2D eigenvalue weighted by atomic mass is 9.99. The molecule has 28 heavy (non-hydrogen) atoms. The van der Waals surface area contributed by atoms with Gasteiger partial charge in [0.2, 0.25) is 0 Å². The average molecular weight is 388 g/mol. The summed E-state index contributed by atoms with van der Waals surface area (Å²) in [6.07, 6.45) is -3.24. The first-order chi connectivity index (χ1) is 13.4. The Morgan fingerprint density at radius 3 is 2.04 bits per heavy atom. The first-order valence-corrected chi connectivity index (χ1v) is 8.68. The third-order valence-corrected chi connectivity index (χ3v) is 4.10.